The highest BCUT2D eigenvalue weighted by Crippen LogP contribution is 2.38. The summed E-state index contributed by atoms with van der Waals surface area (Å²) in [7, 11) is 0. The molecule has 0 saturated heterocycles. The van der Waals surface area contributed by atoms with E-state index in [2.05, 4.69) is 31.7 Å². The number of thioether (sulfide) groups is 1. The minimum absolute atomic E-state index is 0.0668. The number of hydrogen-bond donors (Lipinski definition) is 0. The number of halogens is 1. The zero-order valence-electron chi connectivity index (χ0n) is 14.4. The molecular weight excluding hydrogens is 392 g/mol. The lowest BCUT2D eigenvalue weighted by Gasteiger charge is -2.27. The van der Waals surface area contributed by atoms with Gasteiger partial charge in [-0.2, -0.15) is 0 Å². The van der Waals surface area contributed by atoms with E-state index >= 15 is 0 Å². The van der Waals surface area contributed by atoms with Gasteiger partial charge in [0.15, 0.2) is 5.82 Å². The van der Waals surface area contributed by atoms with Crippen LogP contribution in [0.5, 0.6) is 0 Å². The molecule has 4 heterocycles. The highest BCUT2D eigenvalue weighted by molar-refractivity contribution is 8.00. The van der Waals surface area contributed by atoms with Crippen molar-refractivity contribution in [1.82, 2.24) is 29.6 Å². The molecule has 0 atom stereocenters. The van der Waals surface area contributed by atoms with Crippen LogP contribution in [0.25, 0.3) is 10.2 Å². The topological polar surface area (TPSA) is 76.8 Å². The molecule has 0 saturated carbocycles. The van der Waals surface area contributed by atoms with Crippen molar-refractivity contribution in [3.05, 3.63) is 27.9 Å². The second-order valence-electron chi connectivity index (χ2n) is 5.97. The first kappa shape index (κ1) is 17.7. The van der Waals surface area contributed by atoms with Crippen molar-refractivity contribution in [3.63, 3.8) is 0 Å². The summed E-state index contributed by atoms with van der Waals surface area (Å²) in [5.74, 6) is 2.21. The summed E-state index contributed by atoms with van der Waals surface area (Å²) in [5, 5.41) is 10.7. The summed E-state index contributed by atoms with van der Waals surface area (Å²) >= 11 is 9.34. The third kappa shape index (κ3) is 3.08. The minimum Gasteiger partial charge on any atom is -0.333 e. The van der Waals surface area contributed by atoms with Crippen molar-refractivity contribution < 1.29 is 4.79 Å². The van der Waals surface area contributed by atoms with Gasteiger partial charge in [0.25, 0.3) is 0 Å². The zero-order valence-corrected chi connectivity index (χ0v) is 16.8. The highest BCUT2D eigenvalue weighted by atomic mass is 35.5. The number of carbonyl (C=O) groups excluding carboxylic acids is 1. The minimum atomic E-state index is 0.0668. The molecule has 4 rings (SSSR count). The van der Waals surface area contributed by atoms with Gasteiger partial charge in [0.1, 0.15) is 22.0 Å². The Morgan fingerprint density at radius 1 is 1.35 bits per heavy atom. The molecule has 0 aliphatic carbocycles. The molecule has 0 bridgehead atoms. The van der Waals surface area contributed by atoms with Crippen molar-refractivity contribution in [2.75, 3.05) is 12.3 Å². The Labute approximate surface area is 163 Å². The average Bonchev–Trinajstić information content (AvgIpc) is 3.20. The van der Waals surface area contributed by atoms with Crippen LogP contribution < -0.4 is 0 Å². The Bertz CT molecular complexity index is 985. The maximum Gasteiger partial charge on any atom is 0.233 e. The molecule has 3 aromatic rings. The molecule has 26 heavy (non-hydrogen) atoms. The summed E-state index contributed by atoms with van der Waals surface area (Å²) in [6, 6.07) is 0. The van der Waals surface area contributed by atoms with Crippen LogP contribution in [0.2, 0.25) is 5.02 Å². The van der Waals surface area contributed by atoms with Gasteiger partial charge in [-0.1, -0.05) is 30.3 Å². The van der Waals surface area contributed by atoms with Crippen LogP contribution in [0.4, 0.5) is 0 Å². The highest BCUT2D eigenvalue weighted by Gasteiger charge is 2.24. The average molecular weight is 409 g/mol. The second kappa shape index (κ2) is 7.13. The first-order valence-corrected chi connectivity index (χ1v) is 10.5. The lowest BCUT2D eigenvalue weighted by atomic mass is 10.3. The van der Waals surface area contributed by atoms with Crippen LogP contribution in [0.15, 0.2) is 11.4 Å². The molecule has 0 unspecified atom stereocenters. The van der Waals surface area contributed by atoms with E-state index < -0.39 is 0 Å². The largest absolute Gasteiger partial charge is 0.333 e. The Morgan fingerprint density at radius 2 is 2.19 bits per heavy atom. The van der Waals surface area contributed by atoms with Crippen LogP contribution in [0.1, 0.15) is 23.4 Å². The fourth-order valence-corrected chi connectivity index (χ4v) is 5.27. The van der Waals surface area contributed by atoms with Gasteiger partial charge in [0, 0.05) is 24.4 Å². The number of thiophene rings is 1. The number of fused-ring (bicyclic) bond motifs is 2. The Kier molecular flexibility index (Phi) is 4.85. The Morgan fingerprint density at radius 3 is 3.00 bits per heavy atom. The second-order valence-corrected chi connectivity index (χ2v) is 8.52. The number of aromatic nitrogens is 5. The smallest absolute Gasteiger partial charge is 0.233 e. The zero-order chi connectivity index (χ0) is 18.3. The molecule has 7 nitrogen and oxygen atoms in total. The third-order valence-electron chi connectivity index (χ3n) is 4.39. The van der Waals surface area contributed by atoms with E-state index in [1.165, 1.54) is 18.1 Å². The number of hydrogen-bond acceptors (Lipinski definition) is 7. The lowest BCUT2D eigenvalue weighted by Crippen LogP contribution is -2.39. The van der Waals surface area contributed by atoms with Gasteiger partial charge in [-0.15, -0.1) is 21.5 Å². The Balaban J connectivity index is 1.47. The SMILES string of the molecule is CCc1nnc2n1CCN(C(=O)CSc1ncnc3sc(C)c(Cl)c13)C2. The number of amides is 1. The third-order valence-corrected chi connectivity index (χ3v) is 6.96. The van der Waals surface area contributed by atoms with Crippen LogP contribution in [-0.2, 0) is 24.3 Å². The first-order valence-electron chi connectivity index (χ1n) is 8.29. The van der Waals surface area contributed by atoms with Crippen LogP contribution in [0.3, 0.4) is 0 Å². The van der Waals surface area contributed by atoms with Crippen LogP contribution in [0, 0.1) is 6.92 Å². The molecule has 10 heteroatoms. The maximum atomic E-state index is 12.7. The summed E-state index contributed by atoms with van der Waals surface area (Å²) in [6.45, 7) is 5.95. The van der Waals surface area contributed by atoms with Gasteiger partial charge in [0.05, 0.1) is 22.7 Å². The Hall–Kier alpha value is -1.71. The maximum absolute atomic E-state index is 12.7. The molecule has 3 aromatic heterocycles. The van der Waals surface area contributed by atoms with E-state index in [1.807, 2.05) is 11.8 Å². The van der Waals surface area contributed by atoms with E-state index in [-0.39, 0.29) is 5.91 Å². The van der Waals surface area contributed by atoms with Crippen molar-refractivity contribution in [2.45, 2.75) is 38.4 Å². The fourth-order valence-electron chi connectivity index (χ4n) is 3.01. The molecule has 136 valence electrons. The molecule has 1 aliphatic heterocycles. The van der Waals surface area contributed by atoms with Crippen molar-refractivity contribution in [1.29, 1.82) is 0 Å². The van der Waals surface area contributed by atoms with Gasteiger partial charge in [-0.05, 0) is 6.92 Å². The number of carbonyl (C=O) groups is 1. The quantitative estimate of drug-likeness (QED) is 0.488. The van der Waals surface area contributed by atoms with Gasteiger partial charge >= 0.3 is 0 Å². The van der Waals surface area contributed by atoms with Gasteiger partial charge in [-0.3, -0.25) is 4.79 Å². The van der Waals surface area contributed by atoms with Crippen molar-refractivity contribution >= 4 is 50.8 Å². The van der Waals surface area contributed by atoms with Gasteiger partial charge in [-0.25, -0.2) is 9.97 Å². The predicted octanol–water partition coefficient (Wildman–Crippen LogP) is 2.94. The van der Waals surface area contributed by atoms with Crippen molar-refractivity contribution in [3.8, 4) is 0 Å². The van der Waals surface area contributed by atoms with Crippen LogP contribution in [-0.4, -0.2) is 47.8 Å². The summed E-state index contributed by atoms with van der Waals surface area (Å²) in [5.41, 5.74) is 0. The van der Waals surface area contributed by atoms with Gasteiger partial charge < -0.3 is 9.47 Å². The summed E-state index contributed by atoms with van der Waals surface area (Å²) in [6.07, 6.45) is 2.37. The monoisotopic (exact) mass is 408 g/mol. The normalized spacial score (nSPS) is 14.0. The van der Waals surface area contributed by atoms with E-state index in [4.69, 9.17) is 11.6 Å². The molecule has 1 amide bonds. The van der Waals surface area contributed by atoms with E-state index in [0.29, 0.717) is 23.9 Å². The van der Waals surface area contributed by atoms with E-state index in [9.17, 15) is 4.79 Å². The lowest BCUT2D eigenvalue weighted by molar-refractivity contribution is -0.129. The van der Waals surface area contributed by atoms with Crippen molar-refractivity contribution in [2.24, 2.45) is 0 Å². The number of nitrogens with zero attached hydrogens (tertiary/aromatic N) is 6. The number of rotatable bonds is 4. The number of aryl methyl sites for hydroxylation is 2. The van der Waals surface area contributed by atoms with Crippen LogP contribution >= 0.6 is 34.7 Å². The molecule has 1 aliphatic rings. The van der Waals surface area contributed by atoms with Gasteiger partial charge in [0.2, 0.25) is 5.91 Å². The molecule has 0 fully saturated rings. The summed E-state index contributed by atoms with van der Waals surface area (Å²) in [4.78, 5) is 25.0. The molecule has 0 radical (unpaired) electrons. The molecule has 0 aromatic carbocycles. The standard InChI is InChI=1S/C16H17ClN6OS2/c1-3-10-20-21-11-6-22(4-5-23(10)11)12(24)7-25-15-13-14(17)9(2)26-16(13)19-8-18-15/h8H,3-7H2,1-2H3. The molecular formula is C16H17ClN6OS2. The van der Waals surface area contributed by atoms with E-state index in [1.54, 1.807) is 11.3 Å². The predicted molar refractivity (Wildman–Crippen MR) is 103 cm³/mol. The summed E-state index contributed by atoms with van der Waals surface area (Å²) < 4.78 is 2.11. The molecule has 0 N–H and O–H groups in total. The fraction of sp³-hybridized carbons (Fsp3) is 0.438. The first-order chi connectivity index (χ1) is 12.6. The van der Waals surface area contributed by atoms with E-state index in [0.717, 1.165) is 44.7 Å². The molecule has 0 spiro atoms.